The van der Waals surface area contributed by atoms with Gasteiger partial charge in [0.2, 0.25) is 0 Å². The zero-order chi connectivity index (χ0) is 26.6. The number of rotatable bonds is 6. The van der Waals surface area contributed by atoms with Crippen molar-refractivity contribution >= 4 is 29.5 Å². The molecule has 0 bridgehead atoms. The predicted octanol–water partition coefficient (Wildman–Crippen LogP) is 4.65. The van der Waals surface area contributed by atoms with Crippen molar-refractivity contribution in [3.8, 4) is 0 Å². The van der Waals surface area contributed by atoms with Crippen molar-refractivity contribution in [3.63, 3.8) is 0 Å². The van der Waals surface area contributed by atoms with Gasteiger partial charge in [-0.05, 0) is 52.3 Å². The van der Waals surface area contributed by atoms with Crippen molar-refractivity contribution in [3.05, 3.63) is 64.2 Å². The van der Waals surface area contributed by atoms with Crippen molar-refractivity contribution in [1.82, 2.24) is 0 Å². The van der Waals surface area contributed by atoms with Gasteiger partial charge in [0.25, 0.3) is 5.91 Å². The zero-order valence-corrected chi connectivity index (χ0v) is 21.5. The average molecular weight is 484 g/mol. The summed E-state index contributed by atoms with van der Waals surface area (Å²) in [7, 11) is 2.41. The Morgan fingerprint density at radius 2 is 1.26 bits per heavy atom. The molecule has 0 aliphatic rings. The second-order valence-electron chi connectivity index (χ2n) is 10.2. The Morgan fingerprint density at radius 3 is 1.74 bits per heavy atom. The quantitative estimate of drug-likeness (QED) is 0.471. The van der Waals surface area contributed by atoms with Crippen molar-refractivity contribution in [1.29, 1.82) is 0 Å². The molecule has 2 rings (SSSR count). The Kier molecular flexibility index (Phi) is 8.44. The van der Waals surface area contributed by atoms with E-state index in [1.165, 1.54) is 32.4 Å². The Hall–Kier alpha value is -3.68. The molecule has 2 aromatic carbocycles. The van der Waals surface area contributed by atoms with Crippen molar-refractivity contribution < 1.29 is 33.4 Å². The molecule has 0 saturated carbocycles. The number of anilines is 1. The highest BCUT2D eigenvalue weighted by atomic mass is 16.5. The first-order chi connectivity index (χ1) is 16.2. The molecule has 0 spiro atoms. The van der Waals surface area contributed by atoms with Crippen LogP contribution in [0.2, 0.25) is 0 Å². The maximum atomic E-state index is 12.8. The van der Waals surface area contributed by atoms with E-state index in [9.17, 15) is 19.2 Å². The fraction of sp³-hybridized carbons (Fsp3) is 0.407. The molecule has 35 heavy (non-hydrogen) atoms. The van der Waals surface area contributed by atoms with Gasteiger partial charge >= 0.3 is 17.9 Å². The second kappa shape index (κ2) is 10.7. The van der Waals surface area contributed by atoms with E-state index in [2.05, 4.69) is 57.7 Å². The number of methoxy groups -OCH3 is 2. The molecule has 0 aromatic heterocycles. The number of carbonyl (C=O) groups excluding carboxylic acids is 4. The van der Waals surface area contributed by atoms with Gasteiger partial charge in [0, 0.05) is 0 Å². The predicted molar refractivity (Wildman–Crippen MR) is 132 cm³/mol. The van der Waals surface area contributed by atoms with Crippen LogP contribution in [-0.4, -0.2) is 44.6 Å². The third kappa shape index (κ3) is 7.15. The summed E-state index contributed by atoms with van der Waals surface area (Å²) in [5, 5.41) is 2.50. The molecule has 8 heteroatoms. The first-order valence-corrected chi connectivity index (χ1v) is 11.1. The standard InChI is InChI=1S/C27H33NO7/c1-26(2,3)18-11-17(12-19(14-18)27(4,5)6)24(31)35-15-22(29)28-21-13-16(23(30)33-7)9-10-20(21)25(32)34-8/h9-14H,15H2,1-8H3,(H,28,29). The van der Waals surface area contributed by atoms with Gasteiger partial charge in [-0.2, -0.15) is 0 Å². The van der Waals surface area contributed by atoms with Crippen molar-refractivity contribution in [2.24, 2.45) is 0 Å². The van der Waals surface area contributed by atoms with E-state index in [0.717, 1.165) is 11.1 Å². The van der Waals surface area contributed by atoms with E-state index in [4.69, 9.17) is 9.47 Å². The monoisotopic (exact) mass is 483 g/mol. The number of esters is 3. The molecular weight excluding hydrogens is 450 g/mol. The maximum absolute atomic E-state index is 12.8. The number of ether oxygens (including phenoxy) is 3. The van der Waals surface area contributed by atoms with Crippen LogP contribution >= 0.6 is 0 Å². The second-order valence-corrected chi connectivity index (χ2v) is 10.2. The molecule has 0 aliphatic carbocycles. The molecule has 0 fully saturated rings. The van der Waals surface area contributed by atoms with Gasteiger partial charge in [0.1, 0.15) is 0 Å². The molecule has 0 heterocycles. The first-order valence-electron chi connectivity index (χ1n) is 11.1. The lowest BCUT2D eigenvalue weighted by molar-refractivity contribution is -0.119. The minimum Gasteiger partial charge on any atom is -0.465 e. The van der Waals surface area contributed by atoms with E-state index in [-0.39, 0.29) is 27.6 Å². The van der Waals surface area contributed by atoms with Crippen LogP contribution in [0.1, 0.15) is 83.7 Å². The Labute approximate surface area is 205 Å². The van der Waals surface area contributed by atoms with Crippen LogP contribution < -0.4 is 5.32 Å². The highest BCUT2D eigenvalue weighted by Gasteiger charge is 2.23. The molecule has 0 atom stereocenters. The summed E-state index contributed by atoms with van der Waals surface area (Å²) in [6.45, 7) is 11.7. The summed E-state index contributed by atoms with van der Waals surface area (Å²) in [5.74, 6) is -2.68. The summed E-state index contributed by atoms with van der Waals surface area (Å²) < 4.78 is 14.7. The molecule has 188 valence electrons. The van der Waals surface area contributed by atoms with E-state index >= 15 is 0 Å². The number of amides is 1. The van der Waals surface area contributed by atoms with Crippen molar-refractivity contribution in [2.75, 3.05) is 26.1 Å². The largest absolute Gasteiger partial charge is 0.465 e. The molecule has 1 amide bonds. The fourth-order valence-electron chi connectivity index (χ4n) is 3.19. The third-order valence-electron chi connectivity index (χ3n) is 5.36. The lowest BCUT2D eigenvalue weighted by atomic mass is 9.79. The van der Waals surface area contributed by atoms with Crippen LogP contribution in [0.3, 0.4) is 0 Å². The normalized spacial score (nSPS) is 11.4. The highest BCUT2D eigenvalue weighted by molar-refractivity contribution is 6.04. The maximum Gasteiger partial charge on any atom is 0.339 e. The summed E-state index contributed by atoms with van der Waals surface area (Å²) >= 11 is 0. The van der Waals surface area contributed by atoms with Gasteiger partial charge in [-0.15, -0.1) is 0 Å². The minimum atomic E-state index is -0.706. The zero-order valence-electron chi connectivity index (χ0n) is 21.5. The number of hydrogen-bond donors (Lipinski definition) is 1. The minimum absolute atomic E-state index is 0.0329. The molecular formula is C27H33NO7. The number of hydrogen-bond acceptors (Lipinski definition) is 7. The average Bonchev–Trinajstić information content (AvgIpc) is 2.80. The molecule has 0 aliphatic heterocycles. The SMILES string of the molecule is COC(=O)c1ccc(C(=O)OC)c(NC(=O)COC(=O)c2cc(C(C)(C)C)cc(C(C)(C)C)c2)c1. The number of nitrogens with one attached hydrogen (secondary N) is 1. The Morgan fingerprint density at radius 1 is 0.714 bits per heavy atom. The van der Waals surface area contributed by atoms with Crippen LogP contribution in [0.4, 0.5) is 5.69 Å². The van der Waals surface area contributed by atoms with E-state index in [1.807, 2.05) is 0 Å². The topological polar surface area (TPSA) is 108 Å². The summed E-state index contributed by atoms with van der Waals surface area (Å²) in [5.41, 5.74) is 2.11. The molecule has 0 radical (unpaired) electrons. The smallest absolute Gasteiger partial charge is 0.339 e. The lowest BCUT2D eigenvalue weighted by Gasteiger charge is -2.25. The molecule has 0 unspecified atom stereocenters. The van der Waals surface area contributed by atoms with Crippen LogP contribution in [0.5, 0.6) is 0 Å². The molecule has 0 saturated heterocycles. The molecule has 8 nitrogen and oxygen atoms in total. The van der Waals surface area contributed by atoms with Crippen LogP contribution in [-0.2, 0) is 29.8 Å². The van der Waals surface area contributed by atoms with Crippen LogP contribution in [0.25, 0.3) is 0 Å². The van der Waals surface area contributed by atoms with Gasteiger partial charge in [0.05, 0.1) is 36.6 Å². The molecule has 1 N–H and O–H groups in total. The van der Waals surface area contributed by atoms with Gasteiger partial charge < -0.3 is 19.5 Å². The van der Waals surface area contributed by atoms with Crippen molar-refractivity contribution in [2.45, 2.75) is 52.4 Å². The summed E-state index contributed by atoms with van der Waals surface area (Å²) in [4.78, 5) is 49.3. The van der Waals surface area contributed by atoms with Gasteiger partial charge in [0.15, 0.2) is 6.61 Å². The number of carbonyl (C=O) groups is 4. The van der Waals surface area contributed by atoms with Crippen LogP contribution in [0.15, 0.2) is 36.4 Å². The summed E-state index contributed by atoms with van der Waals surface area (Å²) in [6.07, 6.45) is 0. The summed E-state index contributed by atoms with van der Waals surface area (Å²) in [6, 6.07) is 9.62. The van der Waals surface area contributed by atoms with Crippen LogP contribution in [0, 0.1) is 0 Å². The fourth-order valence-corrected chi connectivity index (χ4v) is 3.19. The van der Waals surface area contributed by atoms with E-state index in [1.54, 1.807) is 12.1 Å². The molecule has 2 aromatic rings. The van der Waals surface area contributed by atoms with E-state index < -0.39 is 30.4 Å². The third-order valence-corrected chi connectivity index (χ3v) is 5.36. The number of benzene rings is 2. The Bertz CT molecular complexity index is 1100. The van der Waals surface area contributed by atoms with E-state index in [0.29, 0.717) is 5.56 Å². The Balaban J connectivity index is 2.24. The highest BCUT2D eigenvalue weighted by Crippen LogP contribution is 2.30. The van der Waals surface area contributed by atoms with Gasteiger partial charge in [-0.3, -0.25) is 4.79 Å². The lowest BCUT2D eigenvalue weighted by Crippen LogP contribution is -2.23. The van der Waals surface area contributed by atoms with Gasteiger partial charge in [-0.1, -0.05) is 47.6 Å². The van der Waals surface area contributed by atoms with Gasteiger partial charge in [-0.25, -0.2) is 14.4 Å². The first kappa shape index (κ1) is 27.6.